The Morgan fingerprint density at radius 2 is 0.607 bits per heavy atom. The summed E-state index contributed by atoms with van der Waals surface area (Å²) < 4.78 is 15.4. The minimum absolute atomic E-state index is 0. The molecular formula is C21H66O3Si4. The predicted octanol–water partition coefficient (Wildman–Crippen LogP) is 9.29. The molecule has 0 radical (unpaired) electrons. The van der Waals surface area contributed by atoms with Gasteiger partial charge in [-0.2, -0.15) is 0 Å². The first kappa shape index (κ1) is 51.4. The van der Waals surface area contributed by atoms with Gasteiger partial charge in [-0.25, -0.2) is 0 Å². The Morgan fingerprint density at radius 3 is 0.607 bits per heavy atom. The van der Waals surface area contributed by atoms with Crippen LogP contribution in [0.4, 0.5) is 0 Å². The molecule has 3 nitrogen and oxygen atoms in total. The van der Waals surface area contributed by atoms with E-state index < -0.39 is 33.0 Å². The third kappa shape index (κ3) is 109. The van der Waals surface area contributed by atoms with Gasteiger partial charge in [0, 0.05) is 29.4 Å². The minimum Gasteiger partial charge on any atom is -0.421 e. The molecule has 7 heteroatoms. The average Bonchev–Trinajstić information content (AvgIpc) is 2.36. The molecular weight excluding hydrogens is 413 g/mol. The standard InChI is InChI=1S/C5H14OSi.2C4H12OSi.C4H12Si.4CH4/c1-5-7(3,4)6-2;2*1-5-6(2,3)4;1-5(2,3)4;;;;/h5H2,1-4H3;2*1-4H3;1-4H3;4*1H4. The maximum Gasteiger partial charge on any atom is 0.185 e. The van der Waals surface area contributed by atoms with E-state index in [1.807, 2.05) is 0 Å². The van der Waals surface area contributed by atoms with Crippen LogP contribution in [-0.4, -0.2) is 54.4 Å². The van der Waals surface area contributed by atoms with Crippen molar-refractivity contribution in [1.82, 2.24) is 0 Å². The van der Waals surface area contributed by atoms with Gasteiger partial charge in [0.1, 0.15) is 0 Å². The maximum absolute atomic E-state index is 5.23. The third-order valence-electron chi connectivity index (χ3n) is 2.63. The van der Waals surface area contributed by atoms with Crippen LogP contribution in [0.3, 0.4) is 0 Å². The fourth-order valence-electron chi connectivity index (χ4n) is 0.144. The zero-order valence-corrected chi connectivity index (χ0v) is 23.9. The fourth-order valence-corrected chi connectivity index (χ4v) is 0.433. The van der Waals surface area contributed by atoms with E-state index in [2.05, 4.69) is 85.5 Å². The molecule has 184 valence electrons. The SMILES string of the molecule is C.C.C.C.CC[Si](C)(C)OC.CO[Si](C)(C)C.CO[Si](C)(C)C.C[Si](C)(C)C. The average molecular weight is 479 g/mol. The Kier molecular flexibility index (Phi) is 44.1. The summed E-state index contributed by atoms with van der Waals surface area (Å²) in [6.45, 7) is 28.9. The fraction of sp³-hybridized carbons (Fsp3) is 1.00. The number of hydrogen-bond donors (Lipinski definition) is 0. The van der Waals surface area contributed by atoms with Gasteiger partial charge >= 0.3 is 0 Å². The van der Waals surface area contributed by atoms with Crippen LogP contribution in [-0.2, 0) is 13.3 Å². The highest BCUT2D eigenvalue weighted by Crippen LogP contribution is 2.06. The molecule has 0 rings (SSSR count). The maximum atomic E-state index is 5.23. The van der Waals surface area contributed by atoms with E-state index in [-0.39, 0.29) is 29.7 Å². The molecule has 0 aliphatic rings. The Morgan fingerprint density at radius 1 is 0.464 bits per heavy atom. The molecule has 0 unspecified atom stereocenters. The van der Waals surface area contributed by atoms with Gasteiger partial charge in [0.25, 0.3) is 0 Å². The monoisotopic (exact) mass is 478 g/mol. The highest BCUT2D eigenvalue weighted by molar-refractivity contribution is 6.74. The van der Waals surface area contributed by atoms with Gasteiger partial charge in [0.15, 0.2) is 25.0 Å². The van der Waals surface area contributed by atoms with Crippen molar-refractivity contribution in [2.24, 2.45) is 0 Å². The van der Waals surface area contributed by atoms with Gasteiger partial charge in [0.2, 0.25) is 0 Å². The summed E-state index contributed by atoms with van der Waals surface area (Å²) in [5.74, 6) is 0. The van der Waals surface area contributed by atoms with E-state index in [0.717, 1.165) is 0 Å². The molecule has 0 aromatic rings. The first-order chi connectivity index (χ1) is 10.2. The second-order valence-corrected chi connectivity index (χ2v) is 29.9. The quantitative estimate of drug-likeness (QED) is 0.376. The smallest absolute Gasteiger partial charge is 0.185 e. The second kappa shape index (κ2) is 24.0. The summed E-state index contributed by atoms with van der Waals surface area (Å²) in [5.41, 5.74) is 0. The summed E-state index contributed by atoms with van der Waals surface area (Å²) >= 11 is 0. The van der Waals surface area contributed by atoms with E-state index in [1.165, 1.54) is 6.04 Å². The summed E-state index contributed by atoms with van der Waals surface area (Å²) in [6.07, 6.45) is 0. The Balaban J connectivity index is -0.0000000305. The predicted molar refractivity (Wildman–Crippen MR) is 152 cm³/mol. The second-order valence-electron chi connectivity index (χ2n) is 9.95. The van der Waals surface area contributed by atoms with Crippen molar-refractivity contribution in [3.05, 3.63) is 0 Å². The van der Waals surface area contributed by atoms with Crippen LogP contribution >= 0.6 is 0 Å². The largest absolute Gasteiger partial charge is 0.421 e. The van der Waals surface area contributed by atoms with Crippen LogP contribution in [0.2, 0.25) is 84.6 Å². The van der Waals surface area contributed by atoms with E-state index >= 15 is 0 Å². The summed E-state index contributed by atoms with van der Waals surface area (Å²) in [7, 11) is 1.32. The van der Waals surface area contributed by atoms with Gasteiger partial charge in [-0.1, -0.05) is 62.8 Å². The molecule has 0 aliphatic carbocycles. The molecule has 0 heterocycles. The van der Waals surface area contributed by atoms with E-state index in [4.69, 9.17) is 13.3 Å². The molecule has 0 saturated heterocycles. The van der Waals surface area contributed by atoms with Crippen LogP contribution in [0.1, 0.15) is 36.6 Å². The highest BCUT2D eigenvalue weighted by atomic mass is 28.4. The third-order valence-corrected chi connectivity index (χ3v) is 7.89. The van der Waals surface area contributed by atoms with Gasteiger partial charge in [-0.3, -0.25) is 0 Å². The van der Waals surface area contributed by atoms with E-state index in [0.29, 0.717) is 0 Å². The molecule has 0 saturated carbocycles. The summed E-state index contributed by atoms with van der Waals surface area (Å²) in [6, 6.07) is 1.21. The first-order valence-electron chi connectivity index (χ1n) is 8.90. The number of hydrogen-bond acceptors (Lipinski definition) is 3. The van der Waals surface area contributed by atoms with Crippen LogP contribution in [0.25, 0.3) is 0 Å². The van der Waals surface area contributed by atoms with Crippen molar-refractivity contribution < 1.29 is 13.3 Å². The van der Waals surface area contributed by atoms with Gasteiger partial charge in [0.05, 0.1) is 0 Å². The molecule has 28 heavy (non-hydrogen) atoms. The van der Waals surface area contributed by atoms with Gasteiger partial charge in [-0.15, -0.1) is 0 Å². The summed E-state index contributed by atoms with van der Waals surface area (Å²) in [4.78, 5) is 0. The van der Waals surface area contributed by atoms with Crippen molar-refractivity contribution in [1.29, 1.82) is 0 Å². The lowest BCUT2D eigenvalue weighted by molar-refractivity contribution is 0.405. The lowest BCUT2D eigenvalue weighted by Crippen LogP contribution is -2.26. The van der Waals surface area contributed by atoms with Crippen molar-refractivity contribution >= 4 is 33.0 Å². The zero-order valence-electron chi connectivity index (χ0n) is 19.9. The normalized spacial score (nSPS) is 10.3. The van der Waals surface area contributed by atoms with Gasteiger partial charge in [-0.05, 0) is 58.4 Å². The van der Waals surface area contributed by atoms with Crippen LogP contribution < -0.4 is 0 Å². The molecule has 0 aromatic carbocycles. The van der Waals surface area contributed by atoms with E-state index in [1.54, 1.807) is 21.3 Å². The molecule has 0 aromatic heterocycles. The topological polar surface area (TPSA) is 27.7 Å². The Labute approximate surface area is 188 Å². The zero-order chi connectivity index (χ0) is 20.8. The minimum atomic E-state index is -1.15. The van der Waals surface area contributed by atoms with Crippen molar-refractivity contribution in [3.8, 4) is 0 Å². The van der Waals surface area contributed by atoms with Gasteiger partial charge < -0.3 is 13.3 Å². The Hall–Kier alpha value is 0.748. The molecule has 0 bridgehead atoms. The van der Waals surface area contributed by atoms with Crippen LogP contribution in [0, 0.1) is 0 Å². The molecule has 0 fully saturated rings. The molecule has 0 atom stereocenters. The highest BCUT2D eigenvalue weighted by Gasteiger charge is 2.15. The van der Waals surface area contributed by atoms with E-state index in [9.17, 15) is 0 Å². The van der Waals surface area contributed by atoms with Crippen molar-refractivity contribution in [3.63, 3.8) is 0 Å². The van der Waals surface area contributed by atoms with Crippen LogP contribution in [0.15, 0.2) is 0 Å². The lowest BCUT2D eigenvalue weighted by Gasteiger charge is -2.15. The molecule has 0 amide bonds. The first-order valence-corrected chi connectivity index (χ1v) is 22.8. The lowest BCUT2D eigenvalue weighted by atomic mass is 11.0. The molecule has 0 N–H and O–H groups in total. The van der Waals surface area contributed by atoms with Crippen molar-refractivity contribution in [2.45, 2.75) is 121 Å². The molecule has 0 aliphatic heterocycles. The van der Waals surface area contributed by atoms with Crippen LogP contribution in [0.5, 0.6) is 0 Å². The molecule has 0 spiro atoms. The van der Waals surface area contributed by atoms with Crippen molar-refractivity contribution in [2.75, 3.05) is 21.3 Å². The number of rotatable bonds is 4. The summed E-state index contributed by atoms with van der Waals surface area (Å²) in [5, 5.41) is 0. The Bertz CT molecular complexity index is 240.